The van der Waals surface area contributed by atoms with Crippen LogP contribution in [0.5, 0.6) is 0 Å². The fraction of sp³-hybridized carbons (Fsp3) is 0.385. The molecule has 0 saturated carbocycles. The van der Waals surface area contributed by atoms with Crippen molar-refractivity contribution >= 4 is 22.4 Å². The summed E-state index contributed by atoms with van der Waals surface area (Å²) in [6.45, 7) is 6.02. The summed E-state index contributed by atoms with van der Waals surface area (Å²) in [6, 6.07) is 15.9. The number of thiazole rings is 1. The lowest BCUT2D eigenvalue weighted by atomic mass is 10.1. The zero-order chi connectivity index (χ0) is 22.8. The van der Waals surface area contributed by atoms with Gasteiger partial charge in [-0.25, -0.2) is 10.5 Å². The number of aromatic nitrogens is 1. The fourth-order valence-electron chi connectivity index (χ4n) is 3.63. The molecule has 1 heterocycles. The van der Waals surface area contributed by atoms with Crippen molar-refractivity contribution in [1.29, 1.82) is 0 Å². The van der Waals surface area contributed by atoms with Gasteiger partial charge < -0.3 is 4.90 Å². The van der Waals surface area contributed by atoms with Crippen LogP contribution in [-0.4, -0.2) is 22.6 Å². The van der Waals surface area contributed by atoms with Crippen molar-refractivity contribution in [3.05, 3.63) is 71.4 Å². The van der Waals surface area contributed by atoms with E-state index >= 15 is 0 Å². The maximum absolute atomic E-state index is 11.6. The number of nitrogens with one attached hydrogen (secondary N) is 1. The van der Waals surface area contributed by atoms with Crippen LogP contribution in [0.3, 0.4) is 0 Å². The molecule has 170 valence electrons. The van der Waals surface area contributed by atoms with Crippen molar-refractivity contribution < 1.29 is 10.0 Å². The third kappa shape index (κ3) is 6.90. The lowest BCUT2D eigenvalue weighted by Gasteiger charge is -2.22. The lowest BCUT2D eigenvalue weighted by molar-refractivity contribution is 0.0706. The Balaban J connectivity index is 1.71. The number of anilines is 1. The number of carbonyl (C=O) groups excluding carboxylic acids is 1. The number of unbranched alkanes of at least 4 members (excludes halogenated alkanes) is 5. The molecule has 1 amide bonds. The molecular formula is C26H33N3O2S. The first-order valence-corrected chi connectivity index (χ1v) is 12.2. The van der Waals surface area contributed by atoms with Gasteiger partial charge in [0.1, 0.15) is 0 Å². The van der Waals surface area contributed by atoms with Crippen molar-refractivity contribution in [3.63, 3.8) is 0 Å². The molecule has 0 unspecified atom stereocenters. The predicted octanol–water partition coefficient (Wildman–Crippen LogP) is 6.60. The van der Waals surface area contributed by atoms with E-state index in [2.05, 4.69) is 43.0 Å². The van der Waals surface area contributed by atoms with Crippen LogP contribution in [0.25, 0.3) is 10.4 Å². The summed E-state index contributed by atoms with van der Waals surface area (Å²) < 4.78 is 0. The minimum atomic E-state index is -0.497. The summed E-state index contributed by atoms with van der Waals surface area (Å²) in [5.74, 6) is -0.497. The third-order valence-corrected chi connectivity index (χ3v) is 6.68. The second-order valence-electron chi connectivity index (χ2n) is 8.20. The third-order valence-electron chi connectivity index (χ3n) is 5.57. The zero-order valence-corrected chi connectivity index (χ0v) is 19.8. The first-order valence-electron chi connectivity index (χ1n) is 11.4. The van der Waals surface area contributed by atoms with Gasteiger partial charge in [0.2, 0.25) is 0 Å². The van der Waals surface area contributed by atoms with Crippen LogP contribution in [0.15, 0.2) is 54.7 Å². The number of hydroxylamine groups is 1. The van der Waals surface area contributed by atoms with E-state index in [1.54, 1.807) is 28.9 Å². The van der Waals surface area contributed by atoms with Gasteiger partial charge in [-0.3, -0.25) is 10.0 Å². The second kappa shape index (κ2) is 12.4. The number of hydrogen-bond acceptors (Lipinski definition) is 5. The fourth-order valence-corrected chi connectivity index (χ4v) is 4.58. The maximum Gasteiger partial charge on any atom is 0.274 e. The standard InChI is InChI=1S/C26H33N3O2S/c1-3-4-5-6-7-8-17-29(19-21-11-15-23(16-12-21)25(30)28-31)26-27-18-24(32-26)22-13-9-20(2)10-14-22/h9-16,18,31H,3-8,17,19H2,1-2H3,(H,28,30). The van der Waals surface area contributed by atoms with Gasteiger partial charge in [0.25, 0.3) is 5.91 Å². The molecule has 5 nitrogen and oxygen atoms in total. The molecule has 2 aromatic carbocycles. The van der Waals surface area contributed by atoms with Gasteiger partial charge in [0.05, 0.1) is 4.88 Å². The van der Waals surface area contributed by atoms with Crippen molar-refractivity contribution in [2.24, 2.45) is 0 Å². The molecule has 0 aliphatic heterocycles. The summed E-state index contributed by atoms with van der Waals surface area (Å²) in [5.41, 5.74) is 5.67. The summed E-state index contributed by atoms with van der Waals surface area (Å²) in [7, 11) is 0. The SMILES string of the molecule is CCCCCCCCN(Cc1ccc(C(=O)NO)cc1)c1ncc(-c2ccc(C)cc2)s1. The number of rotatable bonds is 12. The van der Waals surface area contributed by atoms with Gasteiger partial charge in [0, 0.05) is 24.8 Å². The highest BCUT2D eigenvalue weighted by atomic mass is 32.1. The summed E-state index contributed by atoms with van der Waals surface area (Å²) >= 11 is 1.72. The maximum atomic E-state index is 11.6. The van der Waals surface area contributed by atoms with Gasteiger partial charge in [0.15, 0.2) is 5.13 Å². The Morgan fingerprint density at radius 1 is 1.00 bits per heavy atom. The van der Waals surface area contributed by atoms with Crippen LogP contribution in [0.4, 0.5) is 5.13 Å². The first kappa shape index (κ1) is 24.0. The van der Waals surface area contributed by atoms with E-state index in [-0.39, 0.29) is 0 Å². The van der Waals surface area contributed by atoms with Gasteiger partial charge >= 0.3 is 0 Å². The van der Waals surface area contributed by atoms with Crippen LogP contribution in [0.2, 0.25) is 0 Å². The Hall–Kier alpha value is -2.70. The molecule has 0 bridgehead atoms. The van der Waals surface area contributed by atoms with Crippen molar-refractivity contribution in [2.45, 2.75) is 58.9 Å². The van der Waals surface area contributed by atoms with Crippen LogP contribution in [-0.2, 0) is 6.54 Å². The van der Waals surface area contributed by atoms with Crippen LogP contribution in [0, 0.1) is 6.92 Å². The van der Waals surface area contributed by atoms with Crippen molar-refractivity contribution in [2.75, 3.05) is 11.4 Å². The molecule has 1 aromatic heterocycles. The topological polar surface area (TPSA) is 65.5 Å². The molecule has 3 aromatic rings. The van der Waals surface area contributed by atoms with Crippen LogP contribution >= 0.6 is 11.3 Å². The Kier molecular flexibility index (Phi) is 9.26. The molecule has 0 aliphatic carbocycles. The number of carbonyl (C=O) groups is 1. The molecule has 3 rings (SSSR count). The average molecular weight is 452 g/mol. The highest BCUT2D eigenvalue weighted by Gasteiger charge is 2.14. The number of amides is 1. The van der Waals surface area contributed by atoms with E-state index in [0.717, 1.165) is 30.2 Å². The monoisotopic (exact) mass is 451 g/mol. The second-order valence-corrected chi connectivity index (χ2v) is 9.21. The molecule has 0 fully saturated rings. The molecule has 32 heavy (non-hydrogen) atoms. The van der Waals surface area contributed by atoms with E-state index in [9.17, 15) is 4.79 Å². The Morgan fingerprint density at radius 2 is 1.69 bits per heavy atom. The van der Waals surface area contributed by atoms with Crippen LogP contribution in [0.1, 0.15) is 66.9 Å². The Morgan fingerprint density at radius 3 is 2.38 bits per heavy atom. The Bertz CT molecular complexity index is 967. The van der Waals surface area contributed by atoms with Gasteiger partial charge in [-0.2, -0.15) is 0 Å². The predicted molar refractivity (Wildman–Crippen MR) is 132 cm³/mol. The van der Waals surface area contributed by atoms with Gasteiger partial charge in [-0.15, -0.1) is 0 Å². The quantitative estimate of drug-likeness (QED) is 0.185. The summed E-state index contributed by atoms with van der Waals surface area (Å²) in [6.07, 6.45) is 9.48. The zero-order valence-electron chi connectivity index (χ0n) is 19.0. The van der Waals surface area contributed by atoms with Gasteiger partial charge in [-0.05, 0) is 36.6 Å². The number of hydrogen-bond donors (Lipinski definition) is 2. The molecule has 6 heteroatoms. The van der Waals surface area contributed by atoms with E-state index < -0.39 is 5.91 Å². The number of aryl methyl sites for hydroxylation is 1. The summed E-state index contributed by atoms with van der Waals surface area (Å²) in [5, 5.41) is 9.84. The molecule has 0 aliphatic rings. The molecule has 0 atom stereocenters. The minimum absolute atomic E-state index is 0.439. The van der Waals surface area contributed by atoms with E-state index in [1.807, 2.05) is 18.3 Å². The van der Waals surface area contributed by atoms with Crippen LogP contribution < -0.4 is 10.4 Å². The molecule has 0 saturated heterocycles. The molecule has 2 N–H and O–H groups in total. The highest BCUT2D eigenvalue weighted by Crippen LogP contribution is 2.32. The van der Waals surface area contributed by atoms with Crippen molar-refractivity contribution in [1.82, 2.24) is 10.5 Å². The summed E-state index contributed by atoms with van der Waals surface area (Å²) in [4.78, 5) is 19.8. The largest absolute Gasteiger partial charge is 0.344 e. The van der Waals surface area contributed by atoms with E-state index in [1.165, 1.54) is 48.1 Å². The first-order chi connectivity index (χ1) is 15.6. The molecule has 0 radical (unpaired) electrons. The molecular weight excluding hydrogens is 418 g/mol. The smallest absolute Gasteiger partial charge is 0.274 e. The highest BCUT2D eigenvalue weighted by molar-refractivity contribution is 7.18. The van der Waals surface area contributed by atoms with Gasteiger partial charge in [-0.1, -0.05) is 92.3 Å². The van der Waals surface area contributed by atoms with E-state index in [0.29, 0.717) is 5.56 Å². The van der Waals surface area contributed by atoms with Crippen molar-refractivity contribution in [3.8, 4) is 10.4 Å². The minimum Gasteiger partial charge on any atom is -0.344 e. The molecule has 0 spiro atoms. The number of benzene rings is 2. The lowest BCUT2D eigenvalue weighted by Crippen LogP contribution is -2.24. The van der Waals surface area contributed by atoms with E-state index in [4.69, 9.17) is 10.2 Å². The average Bonchev–Trinajstić information content (AvgIpc) is 3.31. The normalized spacial score (nSPS) is 10.8. The number of nitrogens with zero attached hydrogens (tertiary/aromatic N) is 2. The Labute approximate surface area is 195 Å².